The molecule has 0 saturated carbocycles. The predicted octanol–water partition coefficient (Wildman–Crippen LogP) is 3.43. The lowest BCUT2D eigenvalue weighted by Gasteiger charge is -2.12. The van der Waals surface area contributed by atoms with Gasteiger partial charge < -0.3 is 14.0 Å². The summed E-state index contributed by atoms with van der Waals surface area (Å²) in [5.74, 6) is 0.430. The molecule has 0 N–H and O–H groups in total. The number of hydrogen-bond acceptors (Lipinski definition) is 6. The second-order valence-corrected chi connectivity index (χ2v) is 6.39. The number of carbonyl (C=O) groups excluding carboxylic acids is 1. The molecule has 0 aliphatic rings. The van der Waals surface area contributed by atoms with Gasteiger partial charge in [0.15, 0.2) is 11.9 Å². The highest BCUT2D eigenvalue weighted by Crippen LogP contribution is 2.23. The molecule has 23 heavy (non-hydrogen) atoms. The minimum absolute atomic E-state index is 0.222. The van der Waals surface area contributed by atoms with Crippen LogP contribution in [0.2, 0.25) is 0 Å². The summed E-state index contributed by atoms with van der Waals surface area (Å²) in [5.41, 5.74) is 1.14. The van der Waals surface area contributed by atoms with Gasteiger partial charge in [-0.25, -0.2) is 4.79 Å². The number of hydrogen-bond donors (Lipinski definition) is 0. The summed E-state index contributed by atoms with van der Waals surface area (Å²) in [5, 5.41) is 3.93. The van der Waals surface area contributed by atoms with Crippen LogP contribution in [0.5, 0.6) is 0 Å². The van der Waals surface area contributed by atoms with Crippen molar-refractivity contribution >= 4 is 5.97 Å². The highest BCUT2D eigenvalue weighted by atomic mass is 16.6. The maximum atomic E-state index is 12.2. The Balaban J connectivity index is 2.07. The molecular formula is C17H22N2O4. The van der Waals surface area contributed by atoms with Gasteiger partial charge in [-0.15, -0.1) is 0 Å². The number of esters is 1. The van der Waals surface area contributed by atoms with Crippen LogP contribution in [0, 0.1) is 0 Å². The van der Waals surface area contributed by atoms with Crippen LogP contribution in [0.3, 0.4) is 0 Å². The molecule has 1 atom stereocenters. The highest BCUT2D eigenvalue weighted by Gasteiger charge is 2.25. The Hall–Kier alpha value is -2.21. The Kier molecular flexibility index (Phi) is 5.15. The Morgan fingerprint density at radius 2 is 2.09 bits per heavy atom. The molecule has 0 aliphatic heterocycles. The van der Waals surface area contributed by atoms with Crippen LogP contribution >= 0.6 is 0 Å². The van der Waals surface area contributed by atoms with E-state index in [1.54, 1.807) is 32.2 Å². The number of nitrogens with zero attached hydrogens (tertiary/aromatic N) is 2. The van der Waals surface area contributed by atoms with E-state index in [-0.39, 0.29) is 11.3 Å². The molecule has 0 spiro atoms. The van der Waals surface area contributed by atoms with Crippen molar-refractivity contribution in [2.24, 2.45) is 0 Å². The summed E-state index contributed by atoms with van der Waals surface area (Å²) in [6, 6.07) is 7.12. The van der Waals surface area contributed by atoms with Crippen molar-refractivity contribution in [2.45, 2.75) is 45.8 Å². The summed E-state index contributed by atoms with van der Waals surface area (Å²) < 4.78 is 15.7. The van der Waals surface area contributed by atoms with Gasteiger partial charge >= 0.3 is 5.97 Å². The van der Waals surface area contributed by atoms with Crippen molar-refractivity contribution < 1.29 is 18.8 Å². The molecule has 0 fully saturated rings. The fourth-order valence-corrected chi connectivity index (χ4v) is 1.94. The smallest absolute Gasteiger partial charge is 0.338 e. The number of methoxy groups -OCH3 is 1. The van der Waals surface area contributed by atoms with Crippen LogP contribution in [0.25, 0.3) is 0 Å². The molecule has 0 bridgehead atoms. The van der Waals surface area contributed by atoms with E-state index >= 15 is 0 Å². The maximum absolute atomic E-state index is 12.2. The van der Waals surface area contributed by atoms with Crippen LogP contribution in [0.4, 0.5) is 0 Å². The van der Waals surface area contributed by atoms with Gasteiger partial charge in [0.25, 0.3) is 5.89 Å². The van der Waals surface area contributed by atoms with Crippen LogP contribution < -0.4 is 0 Å². The highest BCUT2D eigenvalue weighted by molar-refractivity contribution is 5.89. The van der Waals surface area contributed by atoms with Gasteiger partial charge in [0.1, 0.15) is 0 Å². The van der Waals surface area contributed by atoms with Gasteiger partial charge in [-0.3, -0.25) is 0 Å². The third-order valence-corrected chi connectivity index (χ3v) is 3.22. The molecule has 0 aliphatic carbocycles. The Bertz CT molecular complexity index is 673. The van der Waals surface area contributed by atoms with Crippen molar-refractivity contribution in [1.82, 2.24) is 10.1 Å². The second-order valence-electron chi connectivity index (χ2n) is 6.39. The molecule has 2 rings (SSSR count). The van der Waals surface area contributed by atoms with Gasteiger partial charge in [-0.1, -0.05) is 38.1 Å². The predicted molar refractivity (Wildman–Crippen MR) is 84.0 cm³/mol. The van der Waals surface area contributed by atoms with E-state index in [4.69, 9.17) is 14.0 Å². The lowest BCUT2D eigenvalue weighted by Crippen LogP contribution is -2.14. The lowest BCUT2D eigenvalue weighted by molar-refractivity contribution is 0.0265. The van der Waals surface area contributed by atoms with Crippen LogP contribution in [0.1, 0.15) is 61.4 Å². The summed E-state index contributed by atoms with van der Waals surface area (Å²) >= 11 is 0. The van der Waals surface area contributed by atoms with E-state index in [2.05, 4.69) is 10.1 Å². The molecule has 6 nitrogen and oxygen atoms in total. The number of aromatic nitrogens is 2. The van der Waals surface area contributed by atoms with Gasteiger partial charge in [-0.2, -0.15) is 4.98 Å². The summed E-state index contributed by atoms with van der Waals surface area (Å²) in [6.45, 7) is 8.10. The van der Waals surface area contributed by atoms with Crippen molar-refractivity contribution in [2.75, 3.05) is 7.11 Å². The minimum Gasteiger partial charge on any atom is -0.449 e. The van der Waals surface area contributed by atoms with Crippen molar-refractivity contribution in [1.29, 1.82) is 0 Å². The van der Waals surface area contributed by atoms with E-state index in [9.17, 15) is 4.79 Å². The van der Waals surface area contributed by atoms with Gasteiger partial charge in [0.05, 0.1) is 12.2 Å². The van der Waals surface area contributed by atoms with Crippen molar-refractivity contribution in [3.63, 3.8) is 0 Å². The quantitative estimate of drug-likeness (QED) is 0.786. The van der Waals surface area contributed by atoms with E-state index in [0.717, 1.165) is 5.56 Å². The first kappa shape index (κ1) is 17.1. The molecule has 1 unspecified atom stereocenters. The first-order valence-electron chi connectivity index (χ1n) is 7.44. The van der Waals surface area contributed by atoms with E-state index in [1.165, 1.54) is 0 Å². The standard InChI is InChI=1S/C17H22N2O4/c1-11(14-18-16(19-23-14)17(2,3)4)22-15(20)13-8-6-7-12(9-13)10-21-5/h6-9,11H,10H2,1-5H3. The average molecular weight is 318 g/mol. The zero-order valence-corrected chi connectivity index (χ0v) is 14.1. The third-order valence-electron chi connectivity index (χ3n) is 3.22. The van der Waals surface area contributed by atoms with Crippen LogP contribution in [-0.4, -0.2) is 23.2 Å². The number of rotatable bonds is 5. The molecular weight excluding hydrogens is 296 g/mol. The Morgan fingerprint density at radius 1 is 1.35 bits per heavy atom. The first-order valence-corrected chi connectivity index (χ1v) is 7.44. The van der Waals surface area contributed by atoms with Gasteiger partial charge in [0.2, 0.25) is 0 Å². The fourth-order valence-electron chi connectivity index (χ4n) is 1.94. The molecule has 1 aromatic carbocycles. The lowest BCUT2D eigenvalue weighted by atomic mass is 9.96. The van der Waals surface area contributed by atoms with E-state index in [1.807, 2.05) is 26.8 Å². The Morgan fingerprint density at radius 3 is 2.70 bits per heavy atom. The van der Waals surface area contributed by atoms with Crippen molar-refractivity contribution in [3.8, 4) is 0 Å². The number of ether oxygens (including phenoxy) is 2. The normalized spacial score (nSPS) is 12.9. The summed E-state index contributed by atoms with van der Waals surface area (Å²) in [6.07, 6.45) is -0.614. The van der Waals surface area contributed by atoms with E-state index < -0.39 is 12.1 Å². The second kappa shape index (κ2) is 6.91. The van der Waals surface area contributed by atoms with Gasteiger partial charge in [0, 0.05) is 12.5 Å². The molecule has 124 valence electrons. The zero-order valence-electron chi connectivity index (χ0n) is 14.1. The summed E-state index contributed by atoms with van der Waals surface area (Å²) in [7, 11) is 1.61. The first-order chi connectivity index (χ1) is 10.8. The topological polar surface area (TPSA) is 74.5 Å². The fraction of sp³-hybridized carbons (Fsp3) is 0.471. The Labute approximate surface area is 135 Å². The molecule has 2 aromatic rings. The van der Waals surface area contributed by atoms with E-state index in [0.29, 0.717) is 18.0 Å². The van der Waals surface area contributed by atoms with Gasteiger partial charge in [-0.05, 0) is 24.6 Å². The molecule has 0 saturated heterocycles. The zero-order chi connectivity index (χ0) is 17.0. The largest absolute Gasteiger partial charge is 0.449 e. The number of benzene rings is 1. The van der Waals surface area contributed by atoms with Crippen LogP contribution in [-0.2, 0) is 21.5 Å². The summed E-state index contributed by atoms with van der Waals surface area (Å²) in [4.78, 5) is 16.5. The molecule has 6 heteroatoms. The monoisotopic (exact) mass is 318 g/mol. The minimum atomic E-state index is -0.614. The molecule has 0 amide bonds. The van der Waals surface area contributed by atoms with Crippen molar-refractivity contribution in [3.05, 3.63) is 47.1 Å². The number of carbonyl (C=O) groups is 1. The third kappa shape index (κ3) is 4.39. The molecule has 1 heterocycles. The average Bonchev–Trinajstić information content (AvgIpc) is 2.98. The molecule has 0 radical (unpaired) electrons. The maximum Gasteiger partial charge on any atom is 0.338 e. The molecule has 1 aromatic heterocycles. The van der Waals surface area contributed by atoms with Crippen LogP contribution in [0.15, 0.2) is 28.8 Å². The SMILES string of the molecule is COCc1cccc(C(=O)OC(C)c2nc(C(C)(C)C)no2)c1.